The van der Waals surface area contributed by atoms with E-state index in [1.54, 1.807) is 7.11 Å². The molecule has 0 atom stereocenters. The highest BCUT2D eigenvalue weighted by Crippen LogP contribution is 2.12. The van der Waals surface area contributed by atoms with Crippen molar-refractivity contribution in [1.82, 2.24) is 5.32 Å². The lowest BCUT2D eigenvalue weighted by molar-refractivity contribution is -0.118. The molecule has 3 heteroatoms. The van der Waals surface area contributed by atoms with E-state index < -0.39 is 0 Å². The van der Waals surface area contributed by atoms with Crippen molar-refractivity contribution in [1.29, 1.82) is 0 Å². The summed E-state index contributed by atoms with van der Waals surface area (Å²) in [5, 5.41) is 3.13. The average Bonchev–Trinajstić information content (AvgIpc) is 2.64. The number of methoxy groups -OCH3 is 1. The van der Waals surface area contributed by atoms with E-state index in [-0.39, 0.29) is 11.9 Å². The Labute approximate surface area is 116 Å². The van der Waals surface area contributed by atoms with Crippen molar-refractivity contribution in [2.75, 3.05) is 7.11 Å². The topological polar surface area (TPSA) is 38.3 Å². The van der Waals surface area contributed by atoms with Gasteiger partial charge in [-0.15, -0.1) is 0 Å². The predicted octanol–water partition coefficient (Wildman–Crippen LogP) is 3.49. The molecule has 0 heterocycles. The highest BCUT2D eigenvalue weighted by atomic mass is 16.5. The van der Waals surface area contributed by atoms with Crippen LogP contribution in [0.4, 0.5) is 0 Å². The third-order valence-electron chi connectivity index (χ3n) is 3.19. The summed E-state index contributed by atoms with van der Waals surface area (Å²) in [6.07, 6.45) is 12.6. The number of carbonyl (C=O) groups excluding carboxylic acids is 1. The van der Waals surface area contributed by atoms with Crippen LogP contribution in [0.25, 0.3) is 0 Å². The largest absolute Gasteiger partial charge is 0.497 e. The molecular weight excluding hydrogens is 238 g/mol. The van der Waals surface area contributed by atoms with Crippen molar-refractivity contribution in [3.8, 4) is 0 Å². The molecule has 1 N–H and O–H groups in total. The number of rotatable bonds is 7. The summed E-state index contributed by atoms with van der Waals surface area (Å²) in [7, 11) is 1.64. The summed E-state index contributed by atoms with van der Waals surface area (Å²) in [6.45, 7) is 4.29. The van der Waals surface area contributed by atoms with Gasteiger partial charge in [-0.1, -0.05) is 32.8 Å². The van der Waals surface area contributed by atoms with Crippen LogP contribution in [0.2, 0.25) is 0 Å². The number of hydrogen-bond donors (Lipinski definition) is 1. The molecule has 3 nitrogen and oxygen atoms in total. The quantitative estimate of drug-likeness (QED) is 0.763. The maximum atomic E-state index is 12.2. The van der Waals surface area contributed by atoms with Crippen LogP contribution in [-0.2, 0) is 9.53 Å². The second-order valence-electron chi connectivity index (χ2n) is 4.79. The van der Waals surface area contributed by atoms with E-state index in [0.29, 0.717) is 0 Å². The monoisotopic (exact) mass is 263 g/mol. The van der Waals surface area contributed by atoms with Crippen LogP contribution in [0.3, 0.4) is 0 Å². The fraction of sp³-hybridized carbons (Fsp3) is 0.562. The van der Waals surface area contributed by atoms with Crippen LogP contribution in [0.15, 0.2) is 35.6 Å². The zero-order chi connectivity index (χ0) is 14.1. The molecule has 0 aromatic rings. The highest BCUT2D eigenvalue weighted by molar-refractivity contribution is 5.96. The number of nitrogens with one attached hydrogen (secondary N) is 1. The summed E-state index contributed by atoms with van der Waals surface area (Å²) < 4.78 is 5.17. The smallest absolute Gasteiger partial charge is 0.251 e. The summed E-state index contributed by atoms with van der Waals surface area (Å²) in [4.78, 5) is 12.2. The van der Waals surface area contributed by atoms with Gasteiger partial charge >= 0.3 is 0 Å². The minimum Gasteiger partial charge on any atom is -0.497 e. The molecule has 0 saturated heterocycles. The molecule has 0 saturated carbocycles. The molecular formula is C16H25NO2. The van der Waals surface area contributed by atoms with Gasteiger partial charge in [-0.2, -0.15) is 0 Å². The SMILES string of the molecule is CCCC(CCC)NC(=O)C1=CCC=C(OC)C=C1. The first-order valence-electron chi connectivity index (χ1n) is 7.14. The van der Waals surface area contributed by atoms with E-state index in [0.717, 1.165) is 43.4 Å². The van der Waals surface area contributed by atoms with Crippen molar-refractivity contribution >= 4 is 5.91 Å². The number of hydrogen-bond acceptors (Lipinski definition) is 2. The molecule has 0 fully saturated rings. The van der Waals surface area contributed by atoms with Crippen LogP contribution in [-0.4, -0.2) is 19.1 Å². The van der Waals surface area contributed by atoms with E-state index in [1.807, 2.05) is 24.3 Å². The van der Waals surface area contributed by atoms with E-state index in [2.05, 4.69) is 19.2 Å². The maximum absolute atomic E-state index is 12.2. The lowest BCUT2D eigenvalue weighted by Gasteiger charge is -2.17. The summed E-state index contributed by atoms with van der Waals surface area (Å²) >= 11 is 0. The molecule has 1 amide bonds. The van der Waals surface area contributed by atoms with Gasteiger partial charge in [0.1, 0.15) is 5.76 Å². The Hall–Kier alpha value is -1.51. The Kier molecular flexibility index (Phi) is 7.01. The molecule has 0 aliphatic heterocycles. The first-order chi connectivity index (χ1) is 9.21. The molecule has 1 aliphatic carbocycles. The Bertz CT molecular complexity index is 374. The van der Waals surface area contributed by atoms with Crippen molar-refractivity contribution in [2.45, 2.75) is 52.0 Å². The molecule has 0 spiro atoms. The molecule has 19 heavy (non-hydrogen) atoms. The Morgan fingerprint density at radius 3 is 2.53 bits per heavy atom. The van der Waals surface area contributed by atoms with Gasteiger partial charge in [0.05, 0.1) is 7.11 Å². The summed E-state index contributed by atoms with van der Waals surface area (Å²) in [5.41, 5.74) is 0.723. The molecule has 1 rings (SSSR count). The minimum atomic E-state index is 0.0221. The lowest BCUT2D eigenvalue weighted by Crippen LogP contribution is -2.35. The third kappa shape index (κ3) is 5.33. The van der Waals surface area contributed by atoms with Crippen LogP contribution < -0.4 is 5.32 Å². The highest BCUT2D eigenvalue weighted by Gasteiger charge is 2.13. The van der Waals surface area contributed by atoms with Crippen molar-refractivity contribution < 1.29 is 9.53 Å². The first kappa shape index (κ1) is 15.5. The second kappa shape index (κ2) is 8.57. The maximum Gasteiger partial charge on any atom is 0.251 e. The van der Waals surface area contributed by atoms with Gasteiger partial charge in [0.15, 0.2) is 0 Å². The minimum absolute atomic E-state index is 0.0221. The molecule has 0 aromatic heterocycles. The average molecular weight is 263 g/mol. The normalized spacial score (nSPS) is 14.7. The molecule has 0 bridgehead atoms. The van der Waals surface area contributed by atoms with Crippen molar-refractivity contribution in [3.05, 3.63) is 35.6 Å². The van der Waals surface area contributed by atoms with Crippen molar-refractivity contribution in [2.24, 2.45) is 0 Å². The number of carbonyl (C=O) groups is 1. The van der Waals surface area contributed by atoms with Crippen LogP contribution in [0.1, 0.15) is 46.0 Å². The molecule has 1 aliphatic rings. The van der Waals surface area contributed by atoms with Gasteiger partial charge in [0, 0.05) is 11.6 Å². The summed E-state index contributed by atoms with van der Waals surface area (Å²) in [5.74, 6) is 0.826. The second-order valence-corrected chi connectivity index (χ2v) is 4.79. The van der Waals surface area contributed by atoms with Gasteiger partial charge in [0.25, 0.3) is 5.91 Å². The fourth-order valence-corrected chi connectivity index (χ4v) is 2.18. The van der Waals surface area contributed by atoms with Crippen LogP contribution in [0.5, 0.6) is 0 Å². The van der Waals surface area contributed by atoms with Crippen molar-refractivity contribution in [3.63, 3.8) is 0 Å². The van der Waals surface area contributed by atoms with Gasteiger partial charge in [-0.3, -0.25) is 4.79 Å². The van der Waals surface area contributed by atoms with Gasteiger partial charge in [-0.25, -0.2) is 0 Å². The van der Waals surface area contributed by atoms with E-state index in [4.69, 9.17) is 4.74 Å². The molecule has 0 radical (unpaired) electrons. The molecule has 0 aromatic carbocycles. The first-order valence-corrected chi connectivity index (χ1v) is 7.14. The molecule has 0 unspecified atom stereocenters. The Morgan fingerprint density at radius 1 is 1.26 bits per heavy atom. The van der Waals surface area contributed by atoms with Gasteiger partial charge in [-0.05, 0) is 37.5 Å². The summed E-state index contributed by atoms with van der Waals surface area (Å²) in [6, 6.07) is 0.287. The number of ether oxygens (including phenoxy) is 1. The Morgan fingerprint density at radius 2 is 1.95 bits per heavy atom. The van der Waals surface area contributed by atoms with E-state index >= 15 is 0 Å². The zero-order valence-corrected chi connectivity index (χ0v) is 12.2. The molecule has 106 valence electrons. The van der Waals surface area contributed by atoms with E-state index in [1.165, 1.54) is 0 Å². The van der Waals surface area contributed by atoms with Gasteiger partial charge in [0.2, 0.25) is 0 Å². The standard InChI is InChI=1S/C16H25NO2/c1-4-7-14(8-5-2)17-16(18)13-9-6-10-15(19-3)12-11-13/h9-12,14H,4-8H2,1-3H3,(H,17,18). The third-order valence-corrected chi connectivity index (χ3v) is 3.19. The predicted molar refractivity (Wildman–Crippen MR) is 78.7 cm³/mol. The van der Waals surface area contributed by atoms with E-state index in [9.17, 15) is 4.79 Å². The lowest BCUT2D eigenvalue weighted by atomic mass is 10.1. The fourth-order valence-electron chi connectivity index (χ4n) is 2.18. The number of amides is 1. The van der Waals surface area contributed by atoms with Crippen LogP contribution in [0, 0.1) is 0 Å². The zero-order valence-electron chi connectivity index (χ0n) is 12.2. The van der Waals surface area contributed by atoms with Crippen LogP contribution >= 0.6 is 0 Å². The Balaban J connectivity index is 2.60. The number of allylic oxidation sites excluding steroid dienone is 3. The van der Waals surface area contributed by atoms with Gasteiger partial charge < -0.3 is 10.1 Å².